The Hall–Kier alpha value is -1.27. The van der Waals surface area contributed by atoms with Crippen LogP contribution >= 0.6 is 11.6 Å². The SMILES string of the molecule is O=Cc1cccc(Cl)c1OCOCC(F)(F)F. The molecule has 0 aliphatic rings. The highest BCUT2D eigenvalue weighted by Gasteiger charge is 2.27. The predicted octanol–water partition coefficient (Wildman–Crippen LogP) is 3.07. The maximum absolute atomic E-state index is 11.7. The maximum Gasteiger partial charge on any atom is 0.411 e. The predicted molar refractivity (Wildman–Crippen MR) is 54.3 cm³/mol. The summed E-state index contributed by atoms with van der Waals surface area (Å²) in [7, 11) is 0. The topological polar surface area (TPSA) is 35.5 Å². The van der Waals surface area contributed by atoms with Gasteiger partial charge < -0.3 is 9.47 Å². The van der Waals surface area contributed by atoms with E-state index in [0.717, 1.165) is 0 Å². The summed E-state index contributed by atoms with van der Waals surface area (Å²) in [4.78, 5) is 10.6. The third kappa shape index (κ3) is 4.62. The molecule has 0 bridgehead atoms. The van der Waals surface area contributed by atoms with Crippen molar-refractivity contribution in [3.63, 3.8) is 0 Å². The van der Waals surface area contributed by atoms with Crippen LogP contribution in [0.2, 0.25) is 5.02 Å². The van der Waals surface area contributed by atoms with E-state index in [2.05, 4.69) is 4.74 Å². The van der Waals surface area contributed by atoms with Crippen molar-refractivity contribution < 1.29 is 27.4 Å². The molecule has 1 aromatic rings. The fourth-order valence-corrected chi connectivity index (χ4v) is 1.26. The zero-order valence-electron chi connectivity index (χ0n) is 8.46. The average molecular weight is 269 g/mol. The molecule has 0 unspecified atom stereocenters. The summed E-state index contributed by atoms with van der Waals surface area (Å²) in [5.74, 6) is 0.00587. The monoisotopic (exact) mass is 268 g/mol. The first kappa shape index (κ1) is 13.8. The number of rotatable bonds is 5. The molecular formula is C10H8ClF3O3. The van der Waals surface area contributed by atoms with Gasteiger partial charge in [0.15, 0.2) is 18.8 Å². The second-order valence-electron chi connectivity index (χ2n) is 3.00. The number of hydrogen-bond acceptors (Lipinski definition) is 3. The molecule has 0 spiro atoms. The quantitative estimate of drug-likeness (QED) is 0.468. The van der Waals surface area contributed by atoms with Crippen molar-refractivity contribution in [1.29, 1.82) is 0 Å². The highest BCUT2D eigenvalue weighted by atomic mass is 35.5. The van der Waals surface area contributed by atoms with Crippen LogP contribution in [0.15, 0.2) is 18.2 Å². The molecule has 0 aliphatic carbocycles. The number of para-hydroxylation sites is 1. The molecule has 0 atom stereocenters. The van der Waals surface area contributed by atoms with Gasteiger partial charge in [0.25, 0.3) is 0 Å². The fraction of sp³-hybridized carbons (Fsp3) is 0.300. The van der Waals surface area contributed by atoms with Gasteiger partial charge in [0.2, 0.25) is 0 Å². The molecule has 3 nitrogen and oxygen atoms in total. The van der Waals surface area contributed by atoms with E-state index in [4.69, 9.17) is 16.3 Å². The van der Waals surface area contributed by atoms with Gasteiger partial charge in [-0.3, -0.25) is 4.79 Å². The Labute approximate surface area is 100 Å². The normalized spacial score (nSPS) is 11.3. The van der Waals surface area contributed by atoms with Gasteiger partial charge >= 0.3 is 6.18 Å². The largest absolute Gasteiger partial charge is 0.465 e. The molecule has 0 aliphatic heterocycles. The highest BCUT2D eigenvalue weighted by Crippen LogP contribution is 2.27. The van der Waals surface area contributed by atoms with Crippen LogP contribution in [0.5, 0.6) is 5.75 Å². The third-order valence-corrected chi connectivity index (χ3v) is 1.97. The summed E-state index contributed by atoms with van der Waals surface area (Å²) >= 11 is 5.72. The number of hydrogen-bond donors (Lipinski definition) is 0. The molecule has 0 radical (unpaired) electrons. The molecule has 17 heavy (non-hydrogen) atoms. The van der Waals surface area contributed by atoms with Crippen molar-refractivity contribution >= 4 is 17.9 Å². The van der Waals surface area contributed by atoms with Crippen LogP contribution in [0, 0.1) is 0 Å². The minimum absolute atomic E-state index is 0.00587. The Morgan fingerprint density at radius 2 is 2.06 bits per heavy atom. The molecule has 7 heteroatoms. The van der Waals surface area contributed by atoms with Gasteiger partial charge in [-0.25, -0.2) is 0 Å². The smallest absolute Gasteiger partial charge is 0.411 e. The molecule has 0 N–H and O–H groups in total. The Kier molecular flexibility index (Phi) is 4.77. The number of aldehydes is 1. The van der Waals surface area contributed by atoms with Crippen LogP contribution in [0.4, 0.5) is 13.2 Å². The van der Waals surface area contributed by atoms with Crippen molar-refractivity contribution in [3.8, 4) is 5.75 Å². The van der Waals surface area contributed by atoms with Gasteiger partial charge in [0.05, 0.1) is 10.6 Å². The number of alkyl halides is 3. The number of halogens is 4. The minimum atomic E-state index is -4.42. The van der Waals surface area contributed by atoms with E-state index in [-0.39, 0.29) is 16.3 Å². The zero-order chi connectivity index (χ0) is 12.9. The van der Waals surface area contributed by atoms with Gasteiger partial charge in [-0.05, 0) is 12.1 Å². The zero-order valence-corrected chi connectivity index (χ0v) is 9.22. The van der Waals surface area contributed by atoms with Gasteiger partial charge in [-0.15, -0.1) is 0 Å². The van der Waals surface area contributed by atoms with Crippen LogP contribution in [0.3, 0.4) is 0 Å². The molecule has 1 rings (SSSR count). The molecule has 1 aromatic carbocycles. The van der Waals surface area contributed by atoms with Gasteiger partial charge in [0.1, 0.15) is 6.61 Å². The van der Waals surface area contributed by atoms with Crippen molar-refractivity contribution in [3.05, 3.63) is 28.8 Å². The first-order valence-corrected chi connectivity index (χ1v) is 4.83. The van der Waals surface area contributed by atoms with Gasteiger partial charge in [-0.2, -0.15) is 13.2 Å². The van der Waals surface area contributed by atoms with Crippen LogP contribution in [0.25, 0.3) is 0 Å². The molecule has 0 amide bonds. The fourth-order valence-electron chi connectivity index (χ4n) is 1.03. The second kappa shape index (κ2) is 5.88. The van der Waals surface area contributed by atoms with Crippen molar-refractivity contribution in [2.24, 2.45) is 0 Å². The summed E-state index contributed by atoms with van der Waals surface area (Å²) in [6.45, 7) is -2.06. The Bertz CT molecular complexity index is 393. The van der Waals surface area contributed by atoms with E-state index in [0.29, 0.717) is 6.29 Å². The van der Waals surface area contributed by atoms with E-state index < -0.39 is 19.6 Å². The molecule has 0 aromatic heterocycles. The highest BCUT2D eigenvalue weighted by molar-refractivity contribution is 6.32. The summed E-state index contributed by atoms with van der Waals surface area (Å²) in [5, 5.41) is 0.130. The lowest BCUT2D eigenvalue weighted by Crippen LogP contribution is -2.19. The van der Waals surface area contributed by atoms with Crippen LogP contribution < -0.4 is 4.74 Å². The minimum Gasteiger partial charge on any atom is -0.465 e. The number of benzene rings is 1. The third-order valence-electron chi connectivity index (χ3n) is 1.68. The van der Waals surface area contributed by atoms with E-state index in [9.17, 15) is 18.0 Å². The lowest BCUT2D eigenvalue weighted by Gasteiger charge is -2.11. The molecule has 0 saturated carbocycles. The molecule has 0 heterocycles. The van der Waals surface area contributed by atoms with Crippen LogP contribution in [-0.4, -0.2) is 25.9 Å². The lowest BCUT2D eigenvalue weighted by molar-refractivity contribution is -0.186. The van der Waals surface area contributed by atoms with Crippen LogP contribution in [0.1, 0.15) is 10.4 Å². The van der Waals surface area contributed by atoms with Gasteiger partial charge in [-0.1, -0.05) is 17.7 Å². The van der Waals surface area contributed by atoms with Gasteiger partial charge in [0, 0.05) is 0 Å². The van der Waals surface area contributed by atoms with E-state index in [1.807, 2.05) is 0 Å². The maximum atomic E-state index is 11.7. The summed E-state index contributed by atoms with van der Waals surface area (Å²) in [6, 6.07) is 4.40. The Morgan fingerprint density at radius 3 is 2.65 bits per heavy atom. The molecule has 0 fully saturated rings. The summed E-state index contributed by atoms with van der Waals surface area (Å²) < 4.78 is 44.3. The standard InChI is InChI=1S/C10H8ClF3O3/c11-8-3-1-2-7(4-15)9(8)17-6-16-5-10(12,13)14/h1-4H,5-6H2. The van der Waals surface area contributed by atoms with Crippen molar-refractivity contribution in [2.45, 2.75) is 6.18 Å². The van der Waals surface area contributed by atoms with E-state index in [1.54, 1.807) is 0 Å². The van der Waals surface area contributed by atoms with Crippen molar-refractivity contribution in [2.75, 3.05) is 13.4 Å². The second-order valence-corrected chi connectivity index (χ2v) is 3.41. The first-order valence-electron chi connectivity index (χ1n) is 4.45. The van der Waals surface area contributed by atoms with E-state index >= 15 is 0 Å². The summed E-state index contributed by atoms with van der Waals surface area (Å²) in [6.07, 6.45) is -3.93. The number of carbonyl (C=O) groups is 1. The first-order chi connectivity index (χ1) is 7.94. The van der Waals surface area contributed by atoms with E-state index in [1.165, 1.54) is 18.2 Å². The molecule has 94 valence electrons. The molecular weight excluding hydrogens is 261 g/mol. The summed E-state index contributed by atoms with van der Waals surface area (Å²) in [5.41, 5.74) is 0.146. The van der Waals surface area contributed by atoms with Crippen molar-refractivity contribution in [1.82, 2.24) is 0 Å². The lowest BCUT2D eigenvalue weighted by atomic mass is 10.2. The number of ether oxygens (including phenoxy) is 2. The Balaban J connectivity index is 2.54. The molecule has 0 saturated heterocycles. The van der Waals surface area contributed by atoms with Crippen LogP contribution in [-0.2, 0) is 4.74 Å². The number of carbonyl (C=O) groups excluding carboxylic acids is 1. The average Bonchev–Trinajstić information content (AvgIpc) is 2.24. The Morgan fingerprint density at radius 1 is 1.35 bits per heavy atom.